The molecule has 2 aliphatic carbocycles. The number of aromatic carboxylic acids is 1. The van der Waals surface area contributed by atoms with Crippen LogP contribution in [0.4, 0.5) is 0 Å². The lowest BCUT2D eigenvalue weighted by Gasteiger charge is -2.08. The number of carboxylic acids is 1. The van der Waals surface area contributed by atoms with Gasteiger partial charge in [-0.15, -0.1) is 0 Å². The average molecular weight is 270 g/mol. The van der Waals surface area contributed by atoms with Gasteiger partial charge in [0.1, 0.15) is 11.3 Å². The number of hydrogen-bond donors (Lipinski definition) is 1. The molecule has 1 heterocycles. The Bertz CT molecular complexity index is 700. The number of imidazole rings is 1. The van der Waals surface area contributed by atoms with E-state index in [4.69, 9.17) is 4.98 Å². The summed E-state index contributed by atoms with van der Waals surface area (Å²) in [4.78, 5) is 16.1. The van der Waals surface area contributed by atoms with Crippen LogP contribution in [0.3, 0.4) is 0 Å². The molecule has 2 aromatic rings. The predicted octanol–water partition coefficient (Wildman–Crippen LogP) is 3.58. The van der Waals surface area contributed by atoms with E-state index in [1.54, 1.807) is 6.07 Å². The first-order valence-corrected chi connectivity index (χ1v) is 7.44. The van der Waals surface area contributed by atoms with Crippen LogP contribution < -0.4 is 0 Å². The van der Waals surface area contributed by atoms with Gasteiger partial charge in [-0.1, -0.05) is 19.4 Å². The van der Waals surface area contributed by atoms with Gasteiger partial charge < -0.3 is 9.67 Å². The van der Waals surface area contributed by atoms with Gasteiger partial charge in [0.25, 0.3) is 0 Å². The second-order valence-corrected chi connectivity index (χ2v) is 6.06. The smallest absolute Gasteiger partial charge is 0.337 e. The summed E-state index contributed by atoms with van der Waals surface area (Å²) in [7, 11) is 0. The van der Waals surface area contributed by atoms with Gasteiger partial charge >= 0.3 is 5.97 Å². The molecule has 0 spiro atoms. The van der Waals surface area contributed by atoms with Gasteiger partial charge in [0.2, 0.25) is 0 Å². The van der Waals surface area contributed by atoms with Crippen LogP contribution in [0, 0.1) is 5.92 Å². The molecule has 4 nitrogen and oxygen atoms in total. The maximum absolute atomic E-state index is 11.4. The minimum absolute atomic E-state index is 0.330. The number of fused-ring (bicyclic) bond motifs is 1. The highest BCUT2D eigenvalue weighted by Gasteiger charge is 2.42. The van der Waals surface area contributed by atoms with Crippen molar-refractivity contribution in [3.8, 4) is 0 Å². The number of carbonyl (C=O) groups is 1. The highest BCUT2D eigenvalue weighted by molar-refractivity contribution is 6.01. The lowest BCUT2D eigenvalue weighted by Crippen LogP contribution is -2.02. The van der Waals surface area contributed by atoms with Crippen molar-refractivity contribution in [1.29, 1.82) is 0 Å². The van der Waals surface area contributed by atoms with Crippen LogP contribution in [0.5, 0.6) is 0 Å². The highest BCUT2D eigenvalue weighted by Crippen LogP contribution is 2.51. The molecule has 2 aliphatic rings. The maximum Gasteiger partial charge on any atom is 0.337 e. The Hall–Kier alpha value is -1.84. The summed E-state index contributed by atoms with van der Waals surface area (Å²) < 4.78 is 2.34. The molecule has 4 heteroatoms. The van der Waals surface area contributed by atoms with Gasteiger partial charge in [-0.2, -0.15) is 0 Å². The zero-order valence-electron chi connectivity index (χ0n) is 11.5. The minimum atomic E-state index is -0.884. The number of rotatable bonds is 4. The van der Waals surface area contributed by atoms with E-state index in [1.165, 1.54) is 25.7 Å². The molecule has 1 aromatic heterocycles. The summed E-state index contributed by atoms with van der Waals surface area (Å²) in [6.07, 6.45) is 4.77. The molecule has 0 amide bonds. The van der Waals surface area contributed by atoms with E-state index in [0.717, 1.165) is 17.3 Å². The normalized spacial score (nSPS) is 25.1. The largest absolute Gasteiger partial charge is 0.478 e. The Kier molecular flexibility index (Phi) is 2.43. The van der Waals surface area contributed by atoms with Crippen molar-refractivity contribution in [3.05, 3.63) is 29.6 Å². The monoisotopic (exact) mass is 270 g/mol. The molecule has 0 radical (unpaired) electrons. The zero-order chi connectivity index (χ0) is 13.9. The summed E-state index contributed by atoms with van der Waals surface area (Å²) in [5.74, 6) is 1.51. The third kappa shape index (κ3) is 1.67. The molecule has 0 saturated heterocycles. The van der Waals surface area contributed by atoms with Gasteiger partial charge in [0.15, 0.2) is 0 Å². The second-order valence-electron chi connectivity index (χ2n) is 6.06. The van der Waals surface area contributed by atoms with Crippen molar-refractivity contribution < 1.29 is 9.90 Å². The Morgan fingerprint density at radius 3 is 2.85 bits per heavy atom. The first-order chi connectivity index (χ1) is 9.70. The van der Waals surface area contributed by atoms with Gasteiger partial charge in [-0.25, -0.2) is 9.78 Å². The van der Waals surface area contributed by atoms with E-state index in [-0.39, 0.29) is 0 Å². The Morgan fingerprint density at radius 2 is 2.25 bits per heavy atom. The van der Waals surface area contributed by atoms with Crippen LogP contribution in [0.15, 0.2) is 18.2 Å². The highest BCUT2D eigenvalue weighted by atomic mass is 16.4. The molecule has 2 unspecified atom stereocenters. The quantitative estimate of drug-likeness (QED) is 0.923. The molecular formula is C16H18N2O2. The van der Waals surface area contributed by atoms with Gasteiger partial charge in [-0.05, 0) is 37.3 Å². The number of benzene rings is 1. The molecule has 104 valence electrons. The fourth-order valence-electron chi connectivity index (χ4n) is 3.27. The Labute approximate surface area is 117 Å². The fourth-order valence-corrected chi connectivity index (χ4v) is 3.27. The number of aromatic nitrogens is 2. The van der Waals surface area contributed by atoms with Crippen LogP contribution in [-0.2, 0) is 0 Å². The van der Waals surface area contributed by atoms with Crippen molar-refractivity contribution in [1.82, 2.24) is 9.55 Å². The molecule has 1 aromatic carbocycles. The predicted molar refractivity (Wildman–Crippen MR) is 76.1 cm³/mol. The van der Waals surface area contributed by atoms with Crippen LogP contribution in [0.2, 0.25) is 0 Å². The Morgan fingerprint density at radius 1 is 1.45 bits per heavy atom. The fraction of sp³-hybridized carbons (Fsp3) is 0.500. The SMILES string of the molecule is CCC1CC1n1c(C2CC2)nc2c(C(=O)O)cccc21. The number of hydrogen-bond acceptors (Lipinski definition) is 2. The number of nitrogens with zero attached hydrogens (tertiary/aromatic N) is 2. The van der Waals surface area contributed by atoms with E-state index in [2.05, 4.69) is 11.5 Å². The molecule has 0 aliphatic heterocycles. The second kappa shape index (κ2) is 4.08. The average Bonchev–Trinajstić information content (AvgIpc) is 3.34. The van der Waals surface area contributed by atoms with Crippen molar-refractivity contribution in [2.24, 2.45) is 5.92 Å². The van der Waals surface area contributed by atoms with Gasteiger partial charge in [0, 0.05) is 12.0 Å². The van der Waals surface area contributed by atoms with Crippen LogP contribution in [-0.4, -0.2) is 20.6 Å². The number of carboxylic acid groups (broad SMARTS) is 1. The zero-order valence-corrected chi connectivity index (χ0v) is 11.5. The summed E-state index contributed by atoms with van der Waals surface area (Å²) in [6, 6.07) is 6.04. The van der Waals surface area contributed by atoms with E-state index < -0.39 is 5.97 Å². The molecule has 1 N–H and O–H groups in total. The molecule has 2 fully saturated rings. The lowest BCUT2D eigenvalue weighted by molar-refractivity contribution is 0.0699. The lowest BCUT2D eigenvalue weighted by atomic mass is 10.2. The standard InChI is InChI=1S/C16H18N2O2/c1-2-9-8-13(9)18-12-5-3-4-11(16(19)20)14(12)17-15(18)10-6-7-10/h3-5,9-10,13H,2,6-8H2,1H3,(H,19,20). The molecule has 4 rings (SSSR count). The molecule has 2 atom stereocenters. The summed E-state index contributed by atoms with van der Waals surface area (Å²) in [5.41, 5.74) is 2.01. The van der Waals surface area contributed by atoms with Gasteiger partial charge in [-0.3, -0.25) is 0 Å². The van der Waals surface area contributed by atoms with Crippen LogP contribution in [0.1, 0.15) is 60.7 Å². The summed E-state index contributed by atoms with van der Waals surface area (Å²) >= 11 is 0. The first kappa shape index (κ1) is 11.9. The van der Waals surface area contributed by atoms with Crippen molar-refractivity contribution in [2.45, 2.75) is 44.6 Å². The van der Waals surface area contributed by atoms with Gasteiger partial charge in [0.05, 0.1) is 11.1 Å². The molecular weight excluding hydrogens is 252 g/mol. The van der Waals surface area contributed by atoms with Crippen LogP contribution >= 0.6 is 0 Å². The van der Waals surface area contributed by atoms with Crippen LogP contribution in [0.25, 0.3) is 11.0 Å². The molecule has 2 saturated carbocycles. The van der Waals surface area contributed by atoms with Crippen molar-refractivity contribution >= 4 is 17.0 Å². The molecule has 20 heavy (non-hydrogen) atoms. The number of para-hydroxylation sites is 1. The minimum Gasteiger partial charge on any atom is -0.478 e. The van der Waals surface area contributed by atoms with E-state index in [9.17, 15) is 9.90 Å². The summed E-state index contributed by atoms with van der Waals surface area (Å²) in [5, 5.41) is 9.34. The third-order valence-corrected chi connectivity index (χ3v) is 4.66. The van der Waals surface area contributed by atoms with Crippen molar-refractivity contribution in [2.75, 3.05) is 0 Å². The maximum atomic E-state index is 11.4. The summed E-state index contributed by atoms with van der Waals surface area (Å²) in [6.45, 7) is 2.23. The topological polar surface area (TPSA) is 55.1 Å². The Balaban J connectivity index is 1.93. The van der Waals surface area contributed by atoms with Crippen molar-refractivity contribution in [3.63, 3.8) is 0 Å². The molecule has 0 bridgehead atoms. The van der Waals surface area contributed by atoms with E-state index in [0.29, 0.717) is 23.0 Å². The van der Waals surface area contributed by atoms with E-state index in [1.807, 2.05) is 12.1 Å². The van der Waals surface area contributed by atoms with E-state index >= 15 is 0 Å². The third-order valence-electron chi connectivity index (χ3n) is 4.66. The first-order valence-electron chi connectivity index (χ1n) is 7.44.